The maximum absolute atomic E-state index is 13.4. The lowest BCUT2D eigenvalue weighted by atomic mass is 10.1. The van der Waals surface area contributed by atoms with Crippen LogP contribution >= 0.6 is 0 Å². The van der Waals surface area contributed by atoms with E-state index in [2.05, 4.69) is 10.3 Å². The van der Waals surface area contributed by atoms with Crippen LogP contribution in [0.4, 0.5) is 14.3 Å². The topological polar surface area (TPSA) is 110 Å². The number of carbonyl (C=O) groups is 2. The largest absolute Gasteiger partial charge is 0.677 e. The molecule has 1 amide bonds. The summed E-state index contributed by atoms with van der Waals surface area (Å²) in [6.45, 7) is 3.41. The Hall–Kier alpha value is -3.53. The van der Waals surface area contributed by atoms with Crippen LogP contribution in [0.3, 0.4) is 0 Å². The summed E-state index contributed by atoms with van der Waals surface area (Å²) in [6.07, 6.45) is 5.94. The SMILES string of the molecule is Cc1cc(C)n(B(F)F)c1/C=C1/C=CC(CCC(=O)Nc2ccc(C[C@@H](N)C(=O)O)cc2)=N1. The minimum absolute atomic E-state index is 0.198. The summed E-state index contributed by atoms with van der Waals surface area (Å²) in [5.41, 5.74) is 9.77. The number of carbonyl (C=O) groups excluding carboxylic acids is 1. The fraction of sp³-hybridized carbons (Fsp3) is 0.261. The molecule has 1 aromatic carbocycles. The van der Waals surface area contributed by atoms with Crippen molar-refractivity contribution in [3.8, 4) is 0 Å². The number of anilines is 1. The average Bonchev–Trinajstić information content (AvgIpc) is 3.31. The van der Waals surface area contributed by atoms with Crippen LogP contribution in [-0.2, 0) is 16.0 Å². The Morgan fingerprint density at radius 3 is 2.58 bits per heavy atom. The predicted molar refractivity (Wildman–Crippen MR) is 125 cm³/mol. The summed E-state index contributed by atoms with van der Waals surface area (Å²) >= 11 is 0. The van der Waals surface area contributed by atoms with Crippen LogP contribution in [0.25, 0.3) is 6.08 Å². The van der Waals surface area contributed by atoms with Crippen LogP contribution in [0.15, 0.2) is 53.2 Å². The molecule has 1 aromatic heterocycles. The molecular formula is C23H25BF2N4O3. The molecule has 0 spiro atoms. The van der Waals surface area contributed by atoms with Gasteiger partial charge in [0.1, 0.15) is 6.04 Å². The standard InChI is InChI=1S/C23H25BF2N4O3/c1-14-11-15(2)30(24(25)26)21(14)13-19-8-7-17(28-19)9-10-22(31)29-18-5-3-16(4-6-18)12-20(27)23(32)33/h3-8,11,13,20H,9-10,12,27H2,1-2H3,(H,29,31)(H,32,33)/b19-13-/t20-/m1/s1. The van der Waals surface area contributed by atoms with Crippen LogP contribution < -0.4 is 11.1 Å². The van der Waals surface area contributed by atoms with Crippen molar-refractivity contribution >= 4 is 36.8 Å². The molecule has 2 aromatic rings. The van der Waals surface area contributed by atoms with Gasteiger partial charge in [-0.1, -0.05) is 12.1 Å². The van der Waals surface area contributed by atoms with Gasteiger partial charge in [-0.2, -0.15) is 0 Å². The van der Waals surface area contributed by atoms with E-state index in [0.717, 1.165) is 15.6 Å². The molecule has 10 heteroatoms. The lowest BCUT2D eigenvalue weighted by molar-refractivity contribution is -0.138. The zero-order chi connectivity index (χ0) is 24.1. The van der Waals surface area contributed by atoms with E-state index in [1.165, 1.54) is 0 Å². The van der Waals surface area contributed by atoms with Gasteiger partial charge in [0.05, 0.1) is 5.70 Å². The highest BCUT2D eigenvalue weighted by Gasteiger charge is 2.23. The number of amides is 1. The minimum Gasteiger partial charge on any atom is -0.480 e. The van der Waals surface area contributed by atoms with Crippen molar-refractivity contribution in [2.45, 2.75) is 39.2 Å². The first-order valence-electron chi connectivity index (χ1n) is 10.4. The Balaban J connectivity index is 1.55. The van der Waals surface area contributed by atoms with Crippen molar-refractivity contribution in [1.29, 1.82) is 0 Å². The smallest absolute Gasteiger partial charge is 0.480 e. The number of hydrogen-bond donors (Lipinski definition) is 3. The fourth-order valence-corrected chi connectivity index (χ4v) is 3.59. The molecular weight excluding hydrogens is 429 g/mol. The molecule has 7 nitrogen and oxygen atoms in total. The first-order valence-corrected chi connectivity index (χ1v) is 10.4. The summed E-state index contributed by atoms with van der Waals surface area (Å²) in [5.74, 6) is -1.26. The first kappa shape index (κ1) is 24.1. The summed E-state index contributed by atoms with van der Waals surface area (Å²) in [4.78, 5) is 27.5. The zero-order valence-electron chi connectivity index (χ0n) is 18.4. The molecule has 4 N–H and O–H groups in total. The third-order valence-corrected chi connectivity index (χ3v) is 5.29. The number of aryl methyl sites for hydroxylation is 2. The van der Waals surface area contributed by atoms with Gasteiger partial charge in [0.25, 0.3) is 0 Å². The lowest BCUT2D eigenvalue weighted by Crippen LogP contribution is -2.32. The first-order chi connectivity index (χ1) is 15.6. The number of halogens is 2. The van der Waals surface area contributed by atoms with Gasteiger partial charge < -0.3 is 20.6 Å². The van der Waals surface area contributed by atoms with E-state index in [0.29, 0.717) is 34.9 Å². The zero-order valence-corrected chi connectivity index (χ0v) is 18.4. The Labute approximate surface area is 190 Å². The van der Waals surface area contributed by atoms with Gasteiger partial charge in [0.15, 0.2) is 0 Å². The fourth-order valence-electron chi connectivity index (χ4n) is 3.59. The van der Waals surface area contributed by atoms with Crippen molar-refractivity contribution in [3.05, 3.63) is 70.7 Å². The Kier molecular flexibility index (Phi) is 7.60. The van der Waals surface area contributed by atoms with E-state index >= 15 is 0 Å². The number of aromatic nitrogens is 1. The number of carboxylic acids is 1. The molecule has 33 heavy (non-hydrogen) atoms. The van der Waals surface area contributed by atoms with Gasteiger partial charge in [-0.15, -0.1) is 0 Å². The second-order valence-electron chi connectivity index (χ2n) is 7.90. The van der Waals surface area contributed by atoms with Crippen LogP contribution in [-0.4, -0.2) is 40.6 Å². The number of nitrogens with two attached hydrogens (primary N) is 1. The molecule has 1 atom stereocenters. The summed E-state index contributed by atoms with van der Waals surface area (Å²) < 4.78 is 27.7. The number of carboxylic acid groups (broad SMARTS) is 1. The molecule has 1 aliphatic rings. The monoisotopic (exact) mass is 454 g/mol. The number of aliphatic carboxylic acids is 1. The summed E-state index contributed by atoms with van der Waals surface area (Å²) in [5, 5.41) is 11.7. The quantitative estimate of drug-likeness (QED) is 0.503. The van der Waals surface area contributed by atoms with Crippen molar-refractivity contribution in [1.82, 2.24) is 4.48 Å². The van der Waals surface area contributed by atoms with Crippen LogP contribution in [0.2, 0.25) is 0 Å². The second kappa shape index (κ2) is 10.4. The highest BCUT2D eigenvalue weighted by atomic mass is 19.2. The van der Waals surface area contributed by atoms with Crippen molar-refractivity contribution in [2.75, 3.05) is 5.32 Å². The normalized spacial score (nSPS) is 14.9. The predicted octanol–water partition coefficient (Wildman–Crippen LogP) is 3.60. The third kappa shape index (κ3) is 6.26. The average molecular weight is 454 g/mol. The van der Waals surface area contributed by atoms with Crippen molar-refractivity contribution in [2.24, 2.45) is 10.7 Å². The van der Waals surface area contributed by atoms with E-state index in [4.69, 9.17) is 10.8 Å². The Morgan fingerprint density at radius 2 is 1.94 bits per heavy atom. The van der Waals surface area contributed by atoms with E-state index in [1.54, 1.807) is 62.4 Å². The van der Waals surface area contributed by atoms with Crippen LogP contribution in [0.1, 0.15) is 35.4 Å². The van der Waals surface area contributed by atoms with E-state index < -0.39 is 19.4 Å². The highest BCUT2D eigenvalue weighted by molar-refractivity contribution is 6.41. The minimum atomic E-state index is -2.63. The molecule has 0 bridgehead atoms. The Morgan fingerprint density at radius 1 is 1.24 bits per heavy atom. The maximum Gasteiger partial charge on any atom is 0.677 e. The van der Waals surface area contributed by atoms with Gasteiger partial charge in [0, 0.05) is 29.2 Å². The molecule has 0 aliphatic carbocycles. The molecule has 172 valence electrons. The van der Waals surface area contributed by atoms with Gasteiger partial charge in [-0.3, -0.25) is 23.2 Å². The van der Waals surface area contributed by atoms with Crippen LogP contribution in [0, 0.1) is 13.8 Å². The molecule has 0 saturated carbocycles. The van der Waals surface area contributed by atoms with Gasteiger partial charge in [0.2, 0.25) is 5.91 Å². The summed E-state index contributed by atoms with van der Waals surface area (Å²) in [7, 11) is -2.63. The summed E-state index contributed by atoms with van der Waals surface area (Å²) in [6, 6.07) is 7.56. The van der Waals surface area contributed by atoms with Crippen molar-refractivity contribution < 1.29 is 23.3 Å². The number of nitrogens with one attached hydrogen (secondary N) is 1. The molecule has 1 aliphatic heterocycles. The van der Waals surface area contributed by atoms with E-state index in [-0.39, 0.29) is 18.7 Å². The molecule has 0 unspecified atom stereocenters. The molecule has 0 radical (unpaired) electrons. The van der Waals surface area contributed by atoms with Gasteiger partial charge >= 0.3 is 13.4 Å². The van der Waals surface area contributed by atoms with E-state index in [1.807, 2.05) is 0 Å². The number of nitrogens with zero attached hydrogens (tertiary/aromatic N) is 2. The van der Waals surface area contributed by atoms with Crippen LogP contribution in [0.5, 0.6) is 0 Å². The third-order valence-electron chi connectivity index (χ3n) is 5.29. The molecule has 0 saturated heterocycles. The number of allylic oxidation sites excluding steroid dienone is 2. The Bertz CT molecular complexity index is 1140. The van der Waals surface area contributed by atoms with Gasteiger partial charge in [-0.05, 0) is 74.2 Å². The highest BCUT2D eigenvalue weighted by Crippen LogP contribution is 2.23. The molecule has 0 fully saturated rings. The number of hydrogen-bond acceptors (Lipinski definition) is 4. The second-order valence-corrected chi connectivity index (χ2v) is 7.90. The maximum atomic E-state index is 13.4. The molecule has 2 heterocycles. The van der Waals surface area contributed by atoms with Crippen molar-refractivity contribution in [3.63, 3.8) is 0 Å². The molecule has 3 rings (SSSR count). The number of rotatable bonds is 9. The number of aliphatic imine (C=N–C) groups is 1. The van der Waals surface area contributed by atoms with E-state index in [9.17, 15) is 18.2 Å². The van der Waals surface area contributed by atoms with Gasteiger partial charge in [-0.25, -0.2) is 0 Å². The number of benzene rings is 1. The lowest BCUT2D eigenvalue weighted by Gasteiger charge is -2.08.